The predicted octanol–water partition coefficient (Wildman–Crippen LogP) is 3.30. The monoisotopic (exact) mass is 242 g/mol. The number of hydrogen-bond acceptors (Lipinski definition) is 3. The number of phenolic OH excluding ortho intramolecular Hbond substituents is 1. The summed E-state index contributed by atoms with van der Waals surface area (Å²) in [5.74, 6) is -0.471. The molecule has 0 heterocycles. The number of aromatic hydroxyl groups is 1. The molecule has 1 rings (SSSR count). The van der Waals surface area contributed by atoms with Crippen LogP contribution in [0.5, 0.6) is 5.75 Å². The number of rotatable bonds is 5. The van der Waals surface area contributed by atoms with E-state index in [0.29, 0.717) is 12.0 Å². The molecule has 0 aliphatic carbocycles. The molecule has 16 heavy (non-hydrogen) atoms. The van der Waals surface area contributed by atoms with E-state index in [1.807, 2.05) is 6.92 Å². The minimum atomic E-state index is -0.602. The molecule has 1 aromatic rings. The molecule has 0 amide bonds. The number of carbonyl (C=O) groups is 1. The van der Waals surface area contributed by atoms with Gasteiger partial charge in [0.1, 0.15) is 5.75 Å². The summed E-state index contributed by atoms with van der Waals surface area (Å²) in [5.41, 5.74) is -0.294. The van der Waals surface area contributed by atoms with Gasteiger partial charge in [-0.25, -0.2) is 4.79 Å². The maximum Gasteiger partial charge on any atom is 0.339 e. The largest absolute Gasteiger partial charge is 0.508 e. The molecule has 1 aromatic carbocycles. The van der Waals surface area contributed by atoms with Gasteiger partial charge in [0, 0.05) is 0 Å². The number of alkyl halides is 1. The van der Waals surface area contributed by atoms with Crippen LogP contribution in [-0.4, -0.2) is 16.6 Å². The lowest BCUT2D eigenvalue weighted by Crippen LogP contribution is -2.12. The van der Waals surface area contributed by atoms with Crippen LogP contribution in [0.15, 0.2) is 24.3 Å². The molecule has 0 bridgehead atoms. The summed E-state index contributed by atoms with van der Waals surface area (Å²) < 4.78 is 5.01. The molecule has 0 aromatic heterocycles. The molecule has 0 saturated heterocycles. The minimum absolute atomic E-state index is 0.0362. The summed E-state index contributed by atoms with van der Waals surface area (Å²) in [6, 6.07) is 6.00. The molecule has 1 atom stereocenters. The first-order valence-corrected chi connectivity index (χ1v) is 5.71. The molecule has 0 aliphatic heterocycles. The third-order valence-corrected chi connectivity index (χ3v) is 2.41. The van der Waals surface area contributed by atoms with Crippen LogP contribution < -0.4 is 0 Å². The second-order valence-corrected chi connectivity index (χ2v) is 3.99. The van der Waals surface area contributed by atoms with Gasteiger partial charge in [0.05, 0.1) is 5.56 Å². The average Bonchev–Trinajstić information content (AvgIpc) is 2.26. The Kier molecular flexibility index (Phi) is 5.12. The third-order valence-electron chi connectivity index (χ3n) is 2.10. The van der Waals surface area contributed by atoms with Gasteiger partial charge in [-0.1, -0.05) is 31.0 Å². The van der Waals surface area contributed by atoms with E-state index in [1.165, 1.54) is 12.1 Å². The number of halogens is 1. The normalized spacial score (nSPS) is 12.1. The topological polar surface area (TPSA) is 46.5 Å². The molecule has 4 heteroatoms. The zero-order valence-electron chi connectivity index (χ0n) is 9.15. The summed E-state index contributed by atoms with van der Waals surface area (Å²) in [5, 5.41) is 9.20. The van der Waals surface area contributed by atoms with E-state index in [4.69, 9.17) is 16.3 Å². The van der Waals surface area contributed by atoms with Crippen LogP contribution in [0.2, 0.25) is 0 Å². The van der Waals surface area contributed by atoms with Gasteiger partial charge in [0.15, 0.2) is 5.56 Å². The lowest BCUT2D eigenvalue weighted by molar-refractivity contribution is 0.0433. The maximum absolute atomic E-state index is 11.6. The third kappa shape index (κ3) is 4.11. The van der Waals surface area contributed by atoms with Crippen LogP contribution in [0, 0.1) is 0 Å². The van der Waals surface area contributed by atoms with Crippen LogP contribution in [0.25, 0.3) is 0 Å². The molecule has 0 radical (unpaired) electrons. The van der Waals surface area contributed by atoms with E-state index >= 15 is 0 Å². The summed E-state index contributed by atoms with van der Waals surface area (Å²) in [6.07, 6.45) is 2.57. The molecule has 0 fully saturated rings. The Morgan fingerprint density at radius 3 is 2.94 bits per heavy atom. The van der Waals surface area contributed by atoms with E-state index < -0.39 is 11.5 Å². The van der Waals surface area contributed by atoms with Crippen LogP contribution in [0.1, 0.15) is 36.5 Å². The Morgan fingerprint density at radius 1 is 1.56 bits per heavy atom. The van der Waals surface area contributed by atoms with Crippen molar-refractivity contribution in [1.29, 1.82) is 0 Å². The fourth-order valence-corrected chi connectivity index (χ4v) is 1.48. The van der Waals surface area contributed by atoms with Gasteiger partial charge < -0.3 is 9.84 Å². The van der Waals surface area contributed by atoms with Crippen molar-refractivity contribution < 1.29 is 14.6 Å². The first kappa shape index (κ1) is 12.8. The molecule has 0 spiro atoms. The van der Waals surface area contributed by atoms with E-state index in [0.717, 1.165) is 12.8 Å². The Balaban J connectivity index is 2.52. The number of carbonyl (C=O) groups excluding carboxylic acids is 1. The first-order valence-electron chi connectivity index (χ1n) is 5.27. The van der Waals surface area contributed by atoms with Crippen LogP contribution in [-0.2, 0) is 4.74 Å². The molecule has 88 valence electrons. The van der Waals surface area contributed by atoms with E-state index in [1.54, 1.807) is 12.1 Å². The highest BCUT2D eigenvalue weighted by molar-refractivity contribution is 6.20. The summed E-state index contributed by atoms with van der Waals surface area (Å²) >= 11 is 5.84. The van der Waals surface area contributed by atoms with Crippen LogP contribution in [0.4, 0.5) is 0 Å². The van der Waals surface area contributed by atoms with Crippen molar-refractivity contribution in [1.82, 2.24) is 0 Å². The number of phenols is 1. The van der Waals surface area contributed by atoms with Gasteiger partial charge in [0.25, 0.3) is 0 Å². The number of unbranched alkanes of at least 4 members (excludes halogenated alkanes) is 1. The highest BCUT2D eigenvalue weighted by Crippen LogP contribution is 2.15. The Hall–Kier alpha value is -1.22. The van der Waals surface area contributed by atoms with Crippen molar-refractivity contribution in [3.05, 3.63) is 29.8 Å². The van der Waals surface area contributed by atoms with Gasteiger partial charge in [0.2, 0.25) is 0 Å². The fourth-order valence-electron chi connectivity index (χ4n) is 1.24. The maximum atomic E-state index is 11.6. The van der Waals surface area contributed by atoms with Crippen molar-refractivity contribution in [2.24, 2.45) is 0 Å². The lowest BCUT2D eigenvalue weighted by Gasteiger charge is -2.10. The highest BCUT2D eigenvalue weighted by atomic mass is 35.5. The minimum Gasteiger partial charge on any atom is -0.508 e. The van der Waals surface area contributed by atoms with Crippen LogP contribution in [0.3, 0.4) is 0 Å². The Morgan fingerprint density at radius 2 is 2.31 bits per heavy atom. The van der Waals surface area contributed by atoms with Crippen molar-refractivity contribution in [3.63, 3.8) is 0 Å². The zero-order valence-corrected chi connectivity index (χ0v) is 9.91. The standard InChI is InChI=1S/C12H15ClO3/c1-2-3-7-11(13)16-12(15)9-5-4-6-10(14)8-9/h4-6,8,11,14H,2-3,7H2,1H3. The zero-order chi connectivity index (χ0) is 12.0. The Labute approximate surface area is 100.0 Å². The molecular formula is C12H15ClO3. The average molecular weight is 243 g/mol. The van der Waals surface area contributed by atoms with E-state index in [2.05, 4.69) is 0 Å². The fraction of sp³-hybridized carbons (Fsp3) is 0.417. The smallest absolute Gasteiger partial charge is 0.339 e. The number of ether oxygens (including phenoxy) is 1. The lowest BCUT2D eigenvalue weighted by atomic mass is 10.2. The number of benzene rings is 1. The Bertz CT molecular complexity index is 352. The molecule has 0 aliphatic rings. The number of hydrogen-bond donors (Lipinski definition) is 1. The summed E-state index contributed by atoms with van der Waals surface area (Å²) in [4.78, 5) is 11.6. The van der Waals surface area contributed by atoms with Gasteiger partial charge in [-0.15, -0.1) is 0 Å². The van der Waals surface area contributed by atoms with Crippen molar-refractivity contribution in [2.45, 2.75) is 31.7 Å². The van der Waals surface area contributed by atoms with Crippen molar-refractivity contribution >= 4 is 17.6 Å². The quantitative estimate of drug-likeness (QED) is 0.637. The molecule has 0 saturated carbocycles. The van der Waals surface area contributed by atoms with Gasteiger partial charge in [-0.2, -0.15) is 0 Å². The number of esters is 1. The van der Waals surface area contributed by atoms with Crippen molar-refractivity contribution in [3.8, 4) is 5.75 Å². The molecule has 1 unspecified atom stereocenters. The first-order chi connectivity index (χ1) is 7.63. The van der Waals surface area contributed by atoms with Gasteiger partial charge in [-0.05, 0) is 31.0 Å². The molecule has 3 nitrogen and oxygen atoms in total. The molecular weight excluding hydrogens is 228 g/mol. The van der Waals surface area contributed by atoms with Gasteiger partial charge >= 0.3 is 5.97 Å². The highest BCUT2D eigenvalue weighted by Gasteiger charge is 2.13. The second kappa shape index (κ2) is 6.38. The SMILES string of the molecule is CCCCC(Cl)OC(=O)c1cccc(O)c1. The van der Waals surface area contributed by atoms with E-state index in [9.17, 15) is 9.90 Å². The van der Waals surface area contributed by atoms with Crippen molar-refractivity contribution in [2.75, 3.05) is 0 Å². The summed E-state index contributed by atoms with van der Waals surface area (Å²) in [7, 11) is 0. The van der Waals surface area contributed by atoms with Crippen LogP contribution >= 0.6 is 11.6 Å². The second-order valence-electron chi connectivity index (χ2n) is 3.51. The van der Waals surface area contributed by atoms with E-state index in [-0.39, 0.29) is 5.75 Å². The van der Waals surface area contributed by atoms with Gasteiger partial charge in [-0.3, -0.25) is 0 Å². The summed E-state index contributed by atoms with van der Waals surface area (Å²) in [6.45, 7) is 2.04. The predicted molar refractivity (Wildman–Crippen MR) is 62.7 cm³/mol. The molecule has 1 N–H and O–H groups in total.